The Bertz CT molecular complexity index is 119. The highest BCUT2D eigenvalue weighted by Gasteiger charge is 1.89. The molecule has 0 saturated carbocycles. The molecule has 0 fully saturated rings. The van der Waals surface area contributed by atoms with Crippen molar-refractivity contribution < 1.29 is 5.21 Å². The minimum atomic E-state index is 0.518. The van der Waals surface area contributed by atoms with Crippen LogP contribution in [-0.4, -0.2) is 30.4 Å². The van der Waals surface area contributed by atoms with Gasteiger partial charge in [-0.05, 0) is 18.4 Å². The van der Waals surface area contributed by atoms with Gasteiger partial charge in [0.2, 0.25) is 0 Å². The van der Waals surface area contributed by atoms with E-state index in [9.17, 15) is 0 Å². The first-order valence-corrected chi connectivity index (χ1v) is 3.18. The average molecular weight is 144 g/mol. The van der Waals surface area contributed by atoms with Crippen LogP contribution in [0.15, 0.2) is 5.11 Å². The first-order chi connectivity index (χ1) is 4.77. The van der Waals surface area contributed by atoms with Crippen molar-refractivity contribution >= 4 is 0 Å². The summed E-state index contributed by atoms with van der Waals surface area (Å²) in [5, 5.41) is 13.1. The average Bonchev–Trinajstić information content (AvgIpc) is 1.87. The first-order valence-electron chi connectivity index (χ1n) is 3.18. The standard InChI is InChI=1S/C5H12N4O/c1-9(10)5-3-2-4-7-8-6/h10H,2-5H2,1H3. The van der Waals surface area contributed by atoms with Gasteiger partial charge in [-0.2, -0.15) is 5.06 Å². The Morgan fingerprint density at radius 1 is 1.60 bits per heavy atom. The smallest absolute Gasteiger partial charge is 0.0258 e. The number of rotatable bonds is 5. The maximum atomic E-state index is 8.64. The second kappa shape index (κ2) is 6.35. The van der Waals surface area contributed by atoms with Gasteiger partial charge in [-0.3, -0.25) is 0 Å². The zero-order valence-corrected chi connectivity index (χ0v) is 6.06. The van der Waals surface area contributed by atoms with Gasteiger partial charge in [0, 0.05) is 25.0 Å². The number of azide groups is 1. The molecule has 0 aromatic carbocycles. The summed E-state index contributed by atoms with van der Waals surface area (Å²) in [6.07, 6.45) is 1.68. The third kappa shape index (κ3) is 7.23. The normalized spacial score (nSPS) is 9.50. The molecule has 0 saturated heterocycles. The number of hydrogen-bond donors (Lipinski definition) is 1. The molecule has 0 aliphatic carbocycles. The van der Waals surface area contributed by atoms with Crippen molar-refractivity contribution in [1.82, 2.24) is 5.06 Å². The molecule has 1 N–H and O–H groups in total. The van der Waals surface area contributed by atoms with Crippen molar-refractivity contribution in [2.45, 2.75) is 12.8 Å². The van der Waals surface area contributed by atoms with Crippen molar-refractivity contribution in [3.8, 4) is 0 Å². The SMILES string of the molecule is CN(O)CCCCN=[N+]=[N-]. The third-order valence-corrected chi connectivity index (χ3v) is 1.05. The highest BCUT2D eigenvalue weighted by atomic mass is 16.5. The van der Waals surface area contributed by atoms with E-state index < -0.39 is 0 Å². The van der Waals surface area contributed by atoms with Crippen LogP contribution in [0.1, 0.15) is 12.8 Å². The van der Waals surface area contributed by atoms with Crippen LogP contribution in [-0.2, 0) is 0 Å². The van der Waals surface area contributed by atoms with Gasteiger partial charge >= 0.3 is 0 Å². The van der Waals surface area contributed by atoms with E-state index in [-0.39, 0.29) is 0 Å². The van der Waals surface area contributed by atoms with Gasteiger partial charge in [0.1, 0.15) is 0 Å². The van der Waals surface area contributed by atoms with Gasteiger partial charge in [-0.25, -0.2) is 0 Å². The molecule has 0 aromatic heterocycles. The summed E-state index contributed by atoms with van der Waals surface area (Å²) >= 11 is 0. The fraction of sp³-hybridized carbons (Fsp3) is 1.00. The lowest BCUT2D eigenvalue weighted by molar-refractivity contribution is -0.0653. The Labute approximate surface area is 59.8 Å². The van der Waals surface area contributed by atoms with E-state index in [2.05, 4.69) is 10.0 Å². The summed E-state index contributed by atoms with van der Waals surface area (Å²) in [4.78, 5) is 2.60. The van der Waals surface area contributed by atoms with Crippen molar-refractivity contribution in [2.75, 3.05) is 20.1 Å². The minimum absolute atomic E-state index is 0.518. The Balaban J connectivity index is 2.98. The monoisotopic (exact) mass is 144 g/mol. The zero-order valence-electron chi connectivity index (χ0n) is 6.06. The summed E-state index contributed by atoms with van der Waals surface area (Å²) in [5.74, 6) is 0. The third-order valence-electron chi connectivity index (χ3n) is 1.05. The summed E-state index contributed by atoms with van der Waals surface area (Å²) < 4.78 is 0. The Hall–Kier alpha value is -0.770. The van der Waals surface area contributed by atoms with Gasteiger partial charge in [-0.1, -0.05) is 5.11 Å². The number of hydroxylamine groups is 2. The lowest BCUT2D eigenvalue weighted by atomic mass is 10.3. The van der Waals surface area contributed by atoms with Crippen LogP contribution in [0.4, 0.5) is 0 Å². The Morgan fingerprint density at radius 2 is 2.30 bits per heavy atom. The molecule has 0 amide bonds. The molecule has 0 bridgehead atoms. The lowest BCUT2D eigenvalue weighted by Gasteiger charge is -2.04. The fourth-order valence-electron chi connectivity index (χ4n) is 0.568. The Morgan fingerprint density at radius 3 is 2.80 bits per heavy atom. The van der Waals surface area contributed by atoms with E-state index in [0.29, 0.717) is 13.1 Å². The molecule has 58 valence electrons. The predicted molar refractivity (Wildman–Crippen MR) is 37.7 cm³/mol. The molecule has 0 rings (SSSR count). The lowest BCUT2D eigenvalue weighted by Crippen LogP contribution is -2.13. The van der Waals surface area contributed by atoms with Crippen LogP contribution in [0.3, 0.4) is 0 Å². The van der Waals surface area contributed by atoms with Gasteiger partial charge in [0.15, 0.2) is 0 Å². The molecule has 0 atom stereocenters. The van der Waals surface area contributed by atoms with Crippen LogP contribution in [0.2, 0.25) is 0 Å². The van der Waals surface area contributed by atoms with Crippen molar-refractivity contribution in [3.63, 3.8) is 0 Å². The van der Waals surface area contributed by atoms with Crippen molar-refractivity contribution in [2.24, 2.45) is 5.11 Å². The first kappa shape index (κ1) is 9.23. The van der Waals surface area contributed by atoms with Gasteiger partial charge < -0.3 is 5.21 Å². The molecule has 0 spiro atoms. The van der Waals surface area contributed by atoms with Crippen LogP contribution in [0, 0.1) is 0 Å². The molecular weight excluding hydrogens is 132 g/mol. The summed E-state index contributed by atoms with van der Waals surface area (Å²) in [7, 11) is 1.59. The second-order valence-electron chi connectivity index (χ2n) is 2.04. The van der Waals surface area contributed by atoms with Crippen LogP contribution in [0.5, 0.6) is 0 Å². The highest BCUT2D eigenvalue weighted by Crippen LogP contribution is 1.90. The van der Waals surface area contributed by atoms with E-state index in [4.69, 9.17) is 10.7 Å². The summed E-state index contributed by atoms with van der Waals surface area (Å²) in [5.41, 5.74) is 7.87. The second-order valence-corrected chi connectivity index (χ2v) is 2.04. The molecule has 0 unspecified atom stereocenters. The molecule has 0 heterocycles. The minimum Gasteiger partial charge on any atom is -0.314 e. The van der Waals surface area contributed by atoms with Gasteiger partial charge in [0.25, 0.3) is 0 Å². The van der Waals surface area contributed by atoms with E-state index in [1.165, 1.54) is 0 Å². The maximum Gasteiger partial charge on any atom is 0.0258 e. The fourth-order valence-corrected chi connectivity index (χ4v) is 0.568. The molecular formula is C5H12N4O. The topological polar surface area (TPSA) is 72.2 Å². The zero-order chi connectivity index (χ0) is 7.82. The van der Waals surface area contributed by atoms with E-state index >= 15 is 0 Å². The molecule has 10 heavy (non-hydrogen) atoms. The summed E-state index contributed by atoms with van der Waals surface area (Å²) in [6.45, 7) is 1.14. The number of nitrogens with zero attached hydrogens (tertiary/aromatic N) is 4. The Kier molecular flexibility index (Phi) is 5.86. The van der Waals surface area contributed by atoms with E-state index in [1.54, 1.807) is 7.05 Å². The van der Waals surface area contributed by atoms with Crippen LogP contribution in [0.25, 0.3) is 10.4 Å². The number of unbranched alkanes of at least 4 members (excludes halogenated alkanes) is 1. The van der Waals surface area contributed by atoms with E-state index in [0.717, 1.165) is 17.9 Å². The predicted octanol–water partition coefficient (Wildman–Crippen LogP) is 1.40. The summed E-state index contributed by atoms with van der Waals surface area (Å²) in [6, 6.07) is 0. The molecule has 0 aromatic rings. The quantitative estimate of drug-likeness (QED) is 0.208. The highest BCUT2D eigenvalue weighted by molar-refractivity contribution is 4.48. The van der Waals surface area contributed by atoms with Crippen LogP contribution < -0.4 is 0 Å². The molecule has 0 radical (unpaired) electrons. The maximum absolute atomic E-state index is 8.64. The van der Waals surface area contributed by atoms with Crippen molar-refractivity contribution in [3.05, 3.63) is 10.4 Å². The van der Waals surface area contributed by atoms with E-state index in [1.807, 2.05) is 0 Å². The van der Waals surface area contributed by atoms with Crippen LogP contribution >= 0.6 is 0 Å². The van der Waals surface area contributed by atoms with Crippen molar-refractivity contribution in [1.29, 1.82) is 0 Å². The molecule has 0 aliphatic rings. The molecule has 5 nitrogen and oxygen atoms in total. The number of hydrogen-bond acceptors (Lipinski definition) is 3. The molecule has 0 aliphatic heterocycles. The largest absolute Gasteiger partial charge is 0.314 e. The molecule has 5 heteroatoms. The van der Waals surface area contributed by atoms with Gasteiger partial charge in [-0.15, -0.1) is 0 Å². The van der Waals surface area contributed by atoms with Gasteiger partial charge in [0.05, 0.1) is 0 Å².